The third-order valence-electron chi connectivity index (χ3n) is 1.83. The zero-order valence-electron chi connectivity index (χ0n) is 7.22. The normalized spacial score (nSPS) is 11.3. The van der Waals surface area contributed by atoms with Crippen LogP contribution in [-0.2, 0) is 0 Å². The summed E-state index contributed by atoms with van der Waals surface area (Å²) < 4.78 is -0.0173. The van der Waals surface area contributed by atoms with Gasteiger partial charge in [-0.15, -0.1) is 0 Å². The predicted octanol–water partition coefficient (Wildman–Crippen LogP) is 4.73. The third-order valence-corrected chi connectivity index (χ3v) is 3.49. The molecule has 0 radical (unpaired) electrons. The molecule has 0 atom stereocenters. The number of hydrogen-bond donors (Lipinski definition) is 0. The van der Waals surface area contributed by atoms with Gasteiger partial charge in [0, 0.05) is 0 Å². The summed E-state index contributed by atoms with van der Waals surface area (Å²) in [5.41, 5.74) is 2.25. The average Bonchev–Trinajstić information content (AvgIpc) is 2.19. The number of hydrogen-bond acceptors (Lipinski definition) is 2. The molecule has 0 N–H and O–H groups in total. The van der Waals surface area contributed by atoms with Crippen molar-refractivity contribution in [1.82, 2.24) is 9.97 Å². The molecule has 1 aromatic carbocycles. The summed E-state index contributed by atoms with van der Waals surface area (Å²) >= 11 is 18.5. The first-order valence-electron chi connectivity index (χ1n) is 3.98. The summed E-state index contributed by atoms with van der Waals surface area (Å²) in [5.74, 6) is 0. The number of rotatable bonds is 1. The lowest BCUT2D eigenvalue weighted by molar-refractivity contribution is 1.17. The molecular weight excluding hydrogens is 367 g/mol. The van der Waals surface area contributed by atoms with Crippen LogP contribution in [0.15, 0.2) is 18.3 Å². The minimum Gasteiger partial charge on any atom is -0.253 e. The fraction of sp³-hybridized carbons (Fsp3) is 0.111. The van der Waals surface area contributed by atoms with E-state index in [0.29, 0.717) is 10.0 Å². The summed E-state index contributed by atoms with van der Waals surface area (Å²) in [6, 6.07) is 3.41. The smallest absolute Gasteiger partial charge is 0.113 e. The highest BCUT2D eigenvalue weighted by atomic mass is 79.9. The second-order valence-electron chi connectivity index (χ2n) is 2.85. The first-order chi connectivity index (χ1) is 7.08. The van der Waals surface area contributed by atoms with Crippen molar-refractivity contribution in [2.24, 2.45) is 0 Å². The highest BCUT2D eigenvalue weighted by molar-refractivity contribution is 9.24. The average molecular weight is 371 g/mol. The number of alkyl halides is 2. The van der Waals surface area contributed by atoms with Gasteiger partial charge in [-0.25, -0.2) is 4.98 Å². The van der Waals surface area contributed by atoms with E-state index in [1.54, 1.807) is 18.3 Å². The molecular formula is C9H4Br2Cl2N2. The number of halogens is 4. The standard InChI is InChI=1S/C9H4Br2Cl2N2/c10-9(11)8-3-14-6-1-4(12)5(13)2-7(6)15-8/h1-3,9H. The molecule has 0 fully saturated rings. The van der Waals surface area contributed by atoms with Crippen LogP contribution in [0, 0.1) is 0 Å². The van der Waals surface area contributed by atoms with Crippen molar-refractivity contribution in [3.63, 3.8) is 0 Å². The van der Waals surface area contributed by atoms with Gasteiger partial charge in [-0.05, 0) is 12.1 Å². The van der Waals surface area contributed by atoms with E-state index in [-0.39, 0.29) is 3.74 Å². The van der Waals surface area contributed by atoms with E-state index in [1.807, 2.05) is 0 Å². The van der Waals surface area contributed by atoms with Crippen molar-refractivity contribution in [3.05, 3.63) is 34.1 Å². The monoisotopic (exact) mass is 368 g/mol. The molecule has 0 aliphatic carbocycles. The van der Waals surface area contributed by atoms with Crippen molar-refractivity contribution in [2.75, 3.05) is 0 Å². The Labute approximate surface area is 113 Å². The number of benzene rings is 1. The van der Waals surface area contributed by atoms with Gasteiger partial charge in [0.2, 0.25) is 0 Å². The number of aromatic nitrogens is 2. The first kappa shape index (κ1) is 11.6. The predicted molar refractivity (Wildman–Crippen MR) is 70.2 cm³/mol. The Morgan fingerprint density at radius 2 is 1.67 bits per heavy atom. The van der Waals surface area contributed by atoms with Crippen LogP contribution in [0.25, 0.3) is 11.0 Å². The van der Waals surface area contributed by atoms with Crippen molar-refractivity contribution >= 4 is 66.1 Å². The molecule has 0 aliphatic heterocycles. The maximum absolute atomic E-state index is 5.90. The summed E-state index contributed by atoms with van der Waals surface area (Å²) in [6.45, 7) is 0. The Morgan fingerprint density at radius 3 is 2.27 bits per heavy atom. The van der Waals surface area contributed by atoms with Gasteiger partial charge in [-0.2, -0.15) is 0 Å². The molecule has 6 heteroatoms. The van der Waals surface area contributed by atoms with E-state index < -0.39 is 0 Å². The minimum atomic E-state index is -0.0173. The molecule has 2 rings (SSSR count). The largest absolute Gasteiger partial charge is 0.253 e. The molecule has 15 heavy (non-hydrogen) atoms. The van der Waals surface area contributed by atoms with E-state index in [0.717, 1.165) is 16.7 Å². The minimum absolute atomic E-state index is 0.0173. The molecule has 2 aromatic rings. The Bertz CT molecular complexity index is 517. The van der Waals surface area contributed by atoms with E-state index in [4.69, 9.17) is 23.2 Å². The Hall–Kier alpha value is 0.1000. The summed E-state index contributed by atoms with van der Waals surface area (Å²) in [6.07, 6.45) is 1.68. The lowest BCUT2D eigenvalue weighted by atomic mass is 10.3. The van der Waals surface area contributed by atoms with Crippen molar-refractivity contribution < 1.29 is 0 Å². The third kappa shape index (κ3) is 2.44. The maximum atomic E-state index is 5.90. The summed E-state index contributed by atoms with van der Waals surface area (Å²) in [4.78, 5) is 8.62. The molecule has 0 unspecified atom stereocenters. The quantitative estimate of drug-likeness (QED) is 0.678. The molecule has 0 amide bonds. The van der Waals surface area contributed by atoms with Gasteiger partial charge < -0.3 is 0 Å². The Morgan fingerprint density at radius 1 is 1.07 bits per heavy atom. The highest BCUT2D eigenvalue weighted by Gasteiger charge is 2.08. The zero-order chi connectivity index (χ0) is 11.0. The summed E-state index contributed by atoms with van der Waals surface area (Å²) in [5, 5.41) is 0.969. The van der Waals surface area contributed by atoms with Crippen molar-refractivity contribution in [1.29, 1.82) is 0 Å². The lowest BCUT2D eigenvalue weighted by Gasteiger charge is -2.04. The van der Waals surface area contributed by atoms with Gasteiger partial charge in [0.15, 0.2) is 0 Å². The molecule has 0 saturated heterocycles. The molecule has 0 bridgehead atoms. The number of fused-ring (bicyclic) bond motifs is 1. The molecule has 1 aromatic heterocycles. The topological polar surface area (TPSA) is 25.8 Å². The van der Waals surface area contributed by atoms with Crippen LogP contribution in [0.2, 0.25) is 10.0 Å². The van der Waals surface area contributed by atoms with Gasteiger partial charge in [0.05, 0.1) is 33.0 Å². The Balaban J connectivity index is 2.66. The van der Waals surface area contributed by atoms with Gasteiger partial charge >= 0.3 is 0 Å². The molecule has 0 saturated carbocycles. The maximum Gasteiger partial charge on any atom is 0.113 e. The fourth-order valence-electron chi connectivity index (χ4n) is 1.13. The van der Waals surface area contributed by atoms with Crippen LogP contribution >= 0.6 is 55.1 Å². The van der Waals surface area contributed by atoms with Crippen LogP contribution in [0.5, 0.6) is 0 Å². The van der Waals surface area contributed by atoms with E-state index in [9.17, 15) is 0 Å². The van der Waals surface area contributed by atoms with Crippen molar-refractivity contribution in [2.45, 2.75) is 3.74 Å². The zero-order valence-corrected chi connectivity index (χ0v) is 11.9. The fourth-order valence-corrected chi connectivity index (χ4v) is 1.88. The molecule has 0 aliphatic rings. The van der Waals surface area contributed by atoms with E-state index in [1.165, 1.54) is 0 Å². The van der Waals surface area contributed by atoms with Crippen LogP contribution in [0.4, 0.5) is 0 Å². The van der Waals surface area contributed by atoms with E-state index in [2.05, 4.69) is 41.8 Å². The molecule has 0 spiro atoms. The lowest BCUT2D eigenvalue weighted by Crippen LogP contribution is -1.91. The first-order valence-corrected chi connectivity index (χ1v) is 6.56. The highest BCUT2D eigenvalue weighted by Crippen LogP contribution is 2.30. The van der Waals surface area contributed by atoms with Crippen LogP contribution < -0.4 is 0 Å². The summed E-state index contributed by atoms with van der Waals surface area (Å²) in [7, 11) is 0. The van der Waals surface area contributed by atoms with Crippen LogP contribution in [0.3, 0.4) is 0 Å². The van der Waals surface area contributed by atoms with Gasteiger partial charge in [0.1, 0.15) is 3.74 Å². The number of nitrogens with zero attached hydrogens (tertiary/aromatic N) is 2. The van der Waals surface area contributed by atoms with Gasteiger partial charge in [0.25, 0.3) is 0 Å². The Kier molecular flexibility index (Phi) is 3.50. The molecule has 2 nitrogen and oxygen atoms in total. The second-order valence-corrected chi connectivity index (χ2v) is 6.73. The van der Waals surface area contributed by atoms with Crippen LogP contribution in [0.1, 0.15) is 9.43 Å². The second kappa shape index (κ2) is 4.53. The molecule has 78 valence electrons. The van der Waals surface area contributed by atoms with Gasteiger partial charge in [-0.3, -0.25) is 4.98 Å². The SMILES string of the molecule is Clc1cc2ncc(C(Br)Br)nc2cc1Cl. The van der Waals surface area contributed by atoms with E-state index >= 15 is 0 Å². The van der Waals surface area contributed by atoms with Gasteiger partial charge in [-0.1, -0.05) is 55.1 Å². The molecule has 1 heterocycles. The van der Waals surface area contributed by atoms with Crippen LogP contribution in [-0.4, -0.2) is 9.97 Å². The van der Waals surface area contributed by atoms with Crippen molar-refractivity contribution in [3.8, 4) is 0 Å².